The van der Waals surface area contributed by atoms with Crippen molar-refractivity contribution in [3.8, 4) is 11.5 Å². The van der Waals surface area contributed by atoms with Gasteiger partial charge in [-0.25, -0.2) is 14.4 Å². The summed E-state index contributed by atoms with van der Waals surface area (Å²) in [4.78, 5) is 48.9. The third-order valence-corrected chi connectivity index (χ3v) is 5.07. The lowest BCUT2D eigenvalue weighted by Crippen LogP contribution is -2.39. The van der Waals surface area contributed by atoms with E-state index in [0.29, 0.717) is 12.0 Å². The zero-order valence-electron chi connectivity index (χ0n) is 25.6. The molecule has 1 rings (SSSR count). The third-order valence-electron chi connectivity index (χ3n) is 5.07. The minimum Gasteiger partial charge on any atom is -0.458 e. The topological polar surface area (TPSA) is 159 Å². The summed E-state index contributed by atoms with van der Waals surface area (Å²) in [6.45, 7) is 16.7. The molecule has 0 aliphatic carbocycles. The van der Waals surface area contributed by atoms with Crippen LogP contribution in [0.5, 0.6) is 11.5 Å². The monoisotopic (exact) mass is 583 g/mol. The smallest absolute Gasteiger partial charge is 0.458 e. The van der Waals surface area contributed by atoms with E-state index in [9.17, 15) is 19.2 Å². The normalized spacial score (nSPS) is 13.7. The van der Waals surface area contributed by atoms with Crippen LogP contribution in [0.3, 0.4) is 0 Å². The first kappa shape index (κ1) is 35.5. The predicted molar refractivity (Wildman–Crippen MR) is 149 cm³/mol. The molecular formula is C29H45NO11. The van der Waals surface area contributed by atoms with Gasteiger partial charge in [-0.1, -0.05) is 54.5 Å². The summed E-state index contributed by atoms with van der Waals surface area (Å²) in [5.41, 5.74) is 5.95. The molecule has 0 saturated heterocycles. The summed E-state index contributed by atoms with van der Waals surface area (Å²) in [6.07, 6.45) is -3.79. The van der Waals surface area contributed by atoms with Crippen LogP contribution < -0.4 is 15.2 Å². The summed E-state index contributed by atoms with van der Waals surface area (Å²) in [7, 11) is 0. The Bertz CT molecular complexity index is 1030. The molecule has 2 N–H and O–H groups in total. The molecule has 1 aromatic rings. The fourth-order valence-electron chi connectivity index (χ4n) is 2.80. The van der Waals surface area contributed by atoms with Crippen LogP contribution in [0.15, 0.2) is 18.2 Å². The zero-order valence-corrected chi connectivity index (χ0v) is 25.6. The van der Waals surface area contributed by atoms with Gasteiger partial charge in [-0.3, -0.25) is 4.79 Å². The molecule has 0 aliphatic heterocycles. The van der Waals surface area contributed by atoms with E-state index in [1.165, 1.54) is 12.1 Å². The maximum Gasteiger partial charge on any atom is 0.513 e. The minimum atomic E-state index is -1.11. The van der Waals surface area contributed by atoms with Gasteiger partial charge in [-0.2, -0.15) is 0 Å². The standard InChI is InChI=1S/C29H45NO11/c1-10-13-35-25(32)39-19(3)18(2)38-24(31)21(30)14-20-11-12-22(40-26(33)36-16-28(4,5)6)23(15-20)41-27(34)37-17-29(7,8)9/h11-12,15,18-19,21H,10,13-14,16-17,30H2,1-9H3/t18-,19-,21-/m0/s1. The highest BCUT2D eigenvalue weighted by atomic mass is 16.7. The van der Waals surface area contributed by atoms with Crippen molar-refractivity contribution in [2.45, 2.75) is 93.4 Å². The molecule has 0 spiro atoms. The SMILES string of the molecule is CCCOC(=O)O[C@@H](C)[C@H](C)OC(=O)[C@@H](N)Cc1ccc(OC(=O)OCC(C)(C)C)c(OC(=O)OCC(C)(C)C)c1. The number of hydrogen-bond acceptors (Lipinski definition) is 12. The number of nitrogens with two attached hydrogens (primary N) is 1. The lowest BCUT2D eigenvalue weighted by atomic mass is 9.99. The molecule has 0 amide bonds. The molecule has 41 heavy (non-hydrogen) atoms. The molecule has 3 atom stereocenters. The van der Waals surface area contributed by atoms with Gasteiger partial charge in [-0.15, -0.1) is 0 Å². The largest absolute Gasteiger partial charge is 0.513 e. The van der Waals surface area contributed by atoms with E-state index in [1.54, 1.807) is 19.9 Å². The van der Waals surface area contributed by atoms with E-state index in [2.05, 4.69) is 0 Å². The second-order valence-electron chi connectivity index (χ2n) is 12.1. The number of carbonyl (C=O) groups is 4. The van der Waals surface area contributed by atoms with E-state index in [-0.39, 0.29) is 48.6 Å². The summed E-state index contributed by atoms with van der Waals surface area (Å²) < 4.78 is 36.2. The Morgan fingerprint density at radius 1 is 0.756 bits per heavy atom. The van der Waals surface area contributed by atoms with E-state index in [0.717, 1.165) is 0 Å². The van der Waals surface area contributed by atoms with Crippen molar-refractivity contribution in [2.75, 3.05) is 19.8 Å². The summed E-state index contributed by atoms with van der Waals surface area (Å²) >= 11 is 0. The molecule has 0 bridgehead atoms. The third kappa shape index (κ3) is 15.1. The lowest BCUT2D eigenvalue weighted by molar-refractivity contribution is -0.155. The van der Waals surface area contributed by atoms with Gasteiger partial charge in [0.2, 0.25) is 0 Å². The first-order valence-electron chi connectivity index (χ1n) is 13.5. The van der Waals surface area contributed by atoms with Crippen molar-refractivity contribution in [3.05, 3.63) is 23.8 Å². The Morgan fingerprint density at radius 2 is 1.27 bits per heavy atom. The van der Waals surface area contributed by atoms with Crippen LogP contribution in [0, 0.1) is 10.8 Å². The van der Waals surface area contributed by atoms with Gasteiger partial charge in [0.15, 0.2) is 11.5 Å². The van der Waals surface area contributed by atoms with Crippen LogP contribution in [0.4, 0.5) is 14.4 Å². The van der Waals surface area contributed by atoms with Crippen molar-refractivity contribution in [3.63, 3.8) is 0 Å². The Morgan fingerprint density at radius 3 is 1.78 bits per heavy atom. The van der Waals surface area contributed by atoms with Crippen molar-refractivity contribution in [1.29, 1.82) is 0 Å². The molecule has 12 nitrogen and oxygen atoms in total. The quantitative estimate of drug-likeness (QED) is 0.186. The van der Waals surface area contributed by atoms with Crippen LogP contribution in [0.25, 0.3) is 0 Å². The second kappa shape index (κ2) is 16.0. The van der Waals surface area contributed by atoms with Gasteiger partial charge in [0.05, 0.1) is 19.8 Å². The minimum absolute atomic E-state index is 0.0124. The van der Waals surface area contributed by atoms with Crippen LogP contribution in [0.2, 0.25) is 0 Å². The maximum absolute atomic E-state index is 12.6. The second-order valence-corrected chi connectivity index (χ2v) is 12.1. The molecule has 0 unspecified atom stereocenters. The van der Waals surface area contributed by atoms with Crippen molar-refractivity contribution < 1.29 is 52.3 Å². The Hall–Kier alpha value is -3.54. The molecule has 0 saturated carbocycles. The molecule has 0 aliphatic rings. The molecule has 12 heteroatoms. The van der Waals surface area contributed by atoms with Crippen LogP contribution in [0.1, 0.15) is 74.3 Å². The first-order valence-corrected chi connectivity index (χ1v) is 13.5. The Labute approximate surface area is 242 Å². The van der Waals surface area contributed by atoms with Gasteiger partial charge in [0.1, 0.15) is 18.2 Å². The fraction of sp³-hybridized carbons (Fsp3) is 0.655. The Balaban J connectivity index is 2.96. The van der Waals surface area contributed by atoms with Crippen LogP contribution in [-0.2, 0) is 34.9 Å². The number of hydrogen-bond donors (Lipinski definition) is 1. The van der Waals surface area contributed by atoms with Crippen LogP contribution >= 0.6 is 0 Å². The first-order chi connectivity index (χ1) is 18.9. The predicted octanol–water partition coefficient (Wildman–Crippen LogP) is 5.56. The summed E-state index contributed by atoms with van der Waals surface area (Å²) in [5.74, 6) is -0.963. The average Bonchev–Trinajstić information content (AvgIpc) is 2.85. The maximum atomic E-state index is 12.6. The molecule has 0 fully saturated rings. The molecule has 0 heterocycles. The Kier molecular flexibility index (Phi) is 13.9. The van der Waals surface area contributed by atoms with E-state index in [1.807, 2.05) is 48.5 Å². The van der Waals surface area contributed by atoms with Gasteiger partial charge < -0.3 is 38.9 Å². The van der Waals surface area contributed by atoms with Crippen molar-refractivity contribution >= 4 is 24.4 Å². The van der Waals surface area contributed by atoms with Crippen molar-refractivity contribution in [2.24, 2.45) is 16.6 Å². The summed E-state index contributed by atoms with van der Waals surface area (Å²) in [6, 6.07) is 3.22. The molecular weight excluding hydrogens is 538 g/mol. The highest BCUT2D eigenvalue weighted by molar-refractivity contribution is 5.76. The highest BCUT2D eigenvalue weighted by Crippen LogP contribution is 2.30. The van der Waals surface area contributed by atoms with Gasteiger partial charge in [0.25, 0.3) is 0 Å². The molecule has 1 aromatic carbocycles. The van der Waals surface area contributed by atoms with Gasteiger partial charge >= 0.3 is 24.4 Å². The number of rotatable bonds is 12. The van der Waals surface area contributed by atoms with Gasteiger partial charge in [0, 0.05) is 0 Å². The van der Waals surface area contributed by atoms with Gasteiger partial charge in [-0.05, 0) is 55.2 Å². The average molecular weight is 584 g/mol. The number of benzene rings is 1. The highest BCUT2D eigenvalue weighted by Gasteiger charge is 2.26. The van der Waals surface area contributed by atoms with E-state index < -0.39 is 42.7 Å². The number of carbonyl (C=O) groups excluding carboxylic acids is 4. The number of ether oxygens (including phenoxy) is 7. The molecule has 0 aromatic heterocycles. The van der Waals surface area contributed by atoms with Crippen molar-refractivity contribution in [1.82, 2.24) is 0 Å². The lowest BCUT2D eigenvalue weighted by Gasteiger charge is -2.22. The number of esters is 1. The van der Waals surface area contributed by atoms with E-state index >= 15 is 0 Å². The van der Waals surface area contributed by atoms with E-state index in [4.69, 9.17) is 38.9 Å². The molecule has 0 radical (unpaired) electrons. The fourth-order valence-corrected chi connectivity index (χ4v) is 2.80. The molecule has 232 valence electrons. The van der Waals surface area contributed by atoms with Crippen LogP contribution in [-0.4, -0.2) is 62.5 Å². The summed E-state index contributed by atoms with van der Waals surface area (Å²) in [5, 5.41) is 0. The zero-order chi connectivity index (χ0) is 31.4.